The van der Waals surface area contributed by atoms with Crippen LogP contribution in [0.25, 0.3) is 0 Å². The molecule has 0 radical (unpaired) electrons. The number of esters is 2. The maximum absolute atomic E-state index is 12.8. The van der Waals surface area contributed by atoms with Crippen LogP contribution >= 0.6 is 7.82 Å². The number of carbonyl (C=O) groups is 2. The number of ether oxygens (including phenoxy) is 2. The molecule has 354 valence electrons. The van der Waals surface area contributed by atoms with E-state index in [-0.39, 0.29) is 12.8 Å². The van der Waals surface area contributed by atoms with Crippen molar-refractivity contribution in [1.82, 2.24) is 0 Å². The van der Waals surface area contributed by atoms with E-state index in [0.29, 0.717) is 12.8 Å². The zero-order valence-corrected chi connectivity index (χ0v) is 38.3. The van der Waals surface area contributed by atoms with Gasteiger partial charge in [0.25, 0.3) is 0 Å². The van der Waals surface area contributed by atoms with Gasteiger partial charge in [0.1, 0.15) is 43.2 Å². The highest BCUT2D eigenvalue weighted by Crippen LogP contribution is 2.47. The summed E-state index contributed by atoms with van der Waals surface area (Å²) in [6.45, 7) is 3.23. The van der Waals surface area contributed by atoms with Crippen LogP contribution in [0.3, 0.4) is 0 Å². The quantitative estimate of drug-likeness (QED) is 0.0148. The first-order chi connectivity index (χ1) is 29.4. The molecule has 6 unspecified atom stereocenters. The molecule has 0 heterocycles. The van der Waals surface area contributed by atoms with Crippen LogP contribution in [0.2, 0.25) is 0 Å². The van der Waals surface area contributed by atoms with E-state index in [1.807, 2.05) is 0 Å². The Morgan fingerprint density at radius 1 is 0.508 bits per heavy atom. The van der Waals surface area contributed by atoms with E-state index in [4.69, 9.17) is 18.5 Å². The van der Waals surface area contributed by atoms with Gasteiger partial charge in [-0.2, -0.15) is 0 Å². The van der Waals surface area contributed by atoms with Crippen LogP contribution in [-0.4, -0.2) is 98.3 Å². The summed E-state index contributed by atoms with van der Waals surface area (Å²) in [5.41, 5.74) is 0. The summed E-state index contributed by atoms with van der Waals surface area (Å²) >= 11 is 0. The van der Waals surface area contributed by atoms with Crippen molar-refractivity contribution in [3.63, 3.8) is 0 Å². The standard InChI is InChI=1S/C47H83O13P/c1-3-5-7-9-11-13-15-17-19-20-22-24-26-28-30-32-34-36-41(49)59-39(38-58-61(55,56)60-47-45(53)43(51)42(50)44(52)46(47)54)37-57-40(48)35-33-31-29-27-25-23-21-18-16-14-12-10-8-6-4-2/h11-14,17-19,21,39,42-47,50-54H,3-10,15-16,20,22-38H2,1-2H3,(H,55,56). The monoisotopic (exact) mass is 887 g/mol. The SMILES string of the molecule is CCCCCC=CCC=CCCCCCCCCCC(=O)OC(COC(=O)CCCCCCCC=CCC=CCCCCC)COP(=O)(O)OC1C(O)C(O)C(O)C(O)C1O. The number of aliphatic hydroxyl groups is 5. The van der Waals surface area contributed by atoms with Gasteiger partial charge in [0, 0.05) is 12.8 Å². The van der Waals surface area contributed by atoms with Gasteiger partial charge in [0.05, 0.1) is 6.61 Å². The summed E-state index contributed by atoms with van der Waals surface area (Å²) in [4.78, 5) is 35.7. The molecular weight excluding hydrogens is 803 g/mol. The maximum atomic E-state index is 12.8. The number of allylic oxidation sites excluding steroid dienone is 8. The first-order valence-electron chi connectivity index (χ1n) is 23.4. The molecule has 1 aliphatic carbocycles. The molecule has 14 heteroatoms. The Morgan fingerprint density at radius 2 is 0.885 bits per heavy atom. The average Bonchev–Trinajstić information content (AvgIpc) is 3.24. The van der Waals surface area contributed by atoms with Gasteiger partial charge >= 0.3 is 19.8 Å². The molecule has 13 nitrogen and oxygen atoms in total. The fourth-order valence-electron chi connectivity index (χ4n) is 6.82. The number of phosphoric ester groups is 1. The fraction of sp³-hybridized carbons (Fsp3) is 0.787. The molecule has 1 rings (SSSR count). The summed E-state index contributed by atoms with van der Waals surface area (Å²) in [6.07, 6.45) is 30.1. The van der Waals surface area contributed by atoms with E-state index >= 15 is 0 Å². The Morgan fingerprint density at radius 3 is 1.33 bits per heavy atom. The number of aliphatic hydroxyl groups excluding tert-OH is 5. The zero-order valence-electron chi connectivity index (χ0n) is 37.4. The summed E-state index contributed by atoms with van der Waals surface area (Å²) in [5, 5.41) is 50.1. The van der Waals surface area contributed by atoms with Gasteiger partial charge in [-0.15, -0.1) is 0 Å². The summed E-state index contributed by atoms with van der Waals surface area (Å²) < 4.78 is 33.5. The lowest BCUT2D eigenvalue weighted by molar-refractivity contribution is -0.220. The van der Waals surface area contributed by atoms with Crippen molar-refractivity contribution < 1.29 is 63.1 Å². The van der Waals surface area contributed by atoms with Gasteiger partial charge in [-0.25, -0.2) is 4.57 Å². The Labute approximate surface area is 367 Å². The lowest BCUT2D eigenvalue weighted by Gasteiger charge is -2.41. The summed E-state index contributed by atoms with van der Waals surface area (Å²) in [6, 6.07) is 0. The highest BCUT2D eigenvalue weighted by Gasteiger charge is 2.51. The smallest absolute Gasteiger partial charge is 0.462 e. The molecular formula is C47H83O13P. The van der Waals surface area contributed by atoms with E-state index in [9.17, 15) is 44.6 Å². The van der Waals surface area contributed by atoms with Crippen LogP contribution in [0, 0.1) is 0 Å². The van der Waals surface area contributed by atoms with E-state index in [0.717, 1.165) is 103 Å². The third kappa shape index (κ3) is 29.7. The number of phosphoric acid groups is 1. The molecule has 61 heavy (non-hydrogen) atoms. The average molecular weight is 887 g/mol. The van der Waals surface area contributed by atoms with Crippen LogP contribution in [0.4, 0.5) is 0 Å². The fourth-order valence-corrected chi connectivity index (χ4v) is 7.79. The van der Waals surface area contributed by atoms with Crippen LogP contribution in [0.15, 0.2) is 48.6 Å². The largest absolute Gasteiger partial charge is 0.472 e. The minimum absolute atomic E-state index is 0.0834. The van der Waals surface area contributed by atoms with Crippen LogP contribution < -0.4 is 0 Å². The van der Waals surface area contributed by atoms with Crippen molar-refractivity contribution in [2.45, 2.75) is 224 Å². The van der Waals surface area contributed by atoms with Gasteiger partial charge in [-0.1, -0.05) is 140 Å². The number of carbonyl (C=O) groups excluding carboxylic acids is 2. The van der Waals surface area contributed by atoms with E-state index in [1.165, 1.54) is 38.5 Å². The minimum Gasteiger partial charge on any atom is -0.462 e. The van der Waals surface area contributed by atoms with Gasteiger partial charge in [0.15, 0.2) is 6.10 Å². The second-order valence-corrected chi connectivity index (χ2v) is 17.7. The lowest BCUT2D eigenvalue weighted by atomic mass is 9.85. The Kier molecular flexibility index (Phi) is 34.7. The molecule has 0 aromatic carbocycles. The van der Waals surface area contributed by atoms with Gasteiger partial charge in [-0.05, 0) is 77.0 Å². The van der Waals surface area contributed by atoms with Crippen LogP contribution in [0.1, 0.15) is 181 Å². The Balaban J connectivity index is 2.47. The molecule has 0 bridgehead atoms. The Bertz CT molecular complexity index is 1250. The van der Waals surface area contributed by atoms with Crippen LogP contribution in [0.5, 0.6) is 0 Å². The summed E-state index contributed by atoms with van der Waals surface area (Å²) in [5.74, 6) is -1.13. The molecule has 0 saturated heterocycles. The number of unbranched alkanes of at least 4 members (excludes halogenated alkanes) is 18. The lowest BCUT2D eigenvalue weighted by Crippen LogP contribution is -2.64. The van der Waals surface area contributed by atoms with Crippen LogP contribution in [-0.2, 0) is 32.7 Å². The predicted molar refractivity (Wildman–Crippen MR) is 239 cm³/mol. The van der Waals surface area contributed by atoms with E-state index < -0.39 is 75.7 Å². The normalized spacial score (nSPS) is 22.4. The van der Waals surface area contributed by atoms with Gasteiger partial charge in [0.2, 0.25) is 0 Å². The zero-order chi connectivity index (χ0) is 45.0. The molecule has 1 fully saturated rings. The molecule has 1 aliphatic rings. The molecule has 0 aliphatic heterocycles. The van der Waals surface area contributed by atoms with Crippen molar-refractivity contribution in [3.8, 4) is 0 Å². The third-order valence-corrected chi connectivity index (χ3v) is 11.6. The van der Waals surface area contributed by atoms with Crippen molar-refractivity contribution in [2.24, 2.45) is 0 Å². The van der Waals surface area contributed by atoms with E-state index in [2.05, 4.69) is 62.5 Å². The third-order valence-electron chi connectivity index (χ3n) is 10.6. The van der Waals surface area contributed by atoms with Gasteiger partial charge < -0.3 is 39.9 Å². The Hall–Kier alpha value is -2.19. The second-order valence-electron chi connectivity index (χ2n) is 16.3. The highest BCUT2D eigenvalue weighted by atomic mass is 31.2. The minimum atomic E-state index is -5.12. The summed E-state index contributed by atoms with van der Waals surface area (Å²) in [7, 11) is -5.12. The molecule has 0 spiro atoms. The number of hydrogen-bond acceptors (Lipinski definition) is 12. The molecule has 0 aromatic rings. The van der Waals surface area contributed by atoms with Crippen molar-refractivity contribution in [2.75, 3.05) is 13.2 Å². The highest BCUT2D eigenvalue weighted by molar-refractivity contribution is 7.47. The predicted octanol–water partition coefficient (Wildman–Crippen LogP) is 9.17. The second kappa shape index (κ2) is 37.2. The number of rotatable bonds is 38. The maximum Gasteiger partial charge on any atom is 0.472 e. The molecule has 0 aromatic heterocycles. The molecule has 1 saturated carbocycles. The van der Waals surface area contributed by atoms with E-state index in [1.54, 1.807) is 0 Å². The van der Waals surface area contributed by atoms with Crippen molar-refractivity contribution in [1.29, 1.82) is 0 Å². The first-order valence-corrected chi connectivity index (χ1v) is 24.9. The molecule has 6 N–H and O–H groups in total. The number of hydrogen-bond donors (Lipinski definition) is 6. The molecule has 6 atom stereocenters. The molecule has 0 amide bonds. The van der Waals surface area contributed by atoms with Crippen molar-refractivity contribution in [3.05, 3.63) is 48.6 Å². The first kappa shape index (κ1) is 56.8. The topological polar surface area (TPSA) is 210 Å². The van der Waals surface area contributed by atoms with Gasteiger partial charge in [-0.3, -0.25) is 18.6 Å². The van der Waals surface area contributed by atoms with Crippen molar-refractivity contribution >= 4 is 19.8 Å².